The molecule has 0 heterocycles. The van der Waals surface area contributed by atoms with Gasteiger partial charge in [0, 0.05) is 13.5 Å². The molecule has 0 saturated carbocycles. The number of nitrogens with one attached hydrogen (secondary N) is 1. The van der Waals surface area contributed by atoms with Crippen LogP contribution in [0.2, 0.25) is 0 Å². The predicted octanol–water partition coefficient (Wildman–Crippen LogP) is 0.908. The van der Waals surface area contributed by atoms with E-state index in [1.807, 2.05) is 30.3 Å². The third kappa shape index (κ3) is 5.24. The van der Waals surface area contributed by atoms with E-state index in [1.165, 1.54) is 6.92 Å². The van der Waals surface area contributed by atoms with Crippen LogP contribution in [0.3, 0.4) is 0 Å². The maximum atomic E-state index is 10.8. The number of carbonyl (C=O) groups excluding carboxylic acids is 1. The van der Waals surface area contributed by atoms with Gasteiger partial charge in [-0.15, -0.1) is 12.4 Å². The average Bonchev–Trinajstić information content (AvgIpc) is 2.17. The summed E-state index contributed by atoms with van der Waals surface area (Å²) < 4.78 is 5.42. The minimum absolute atomic E-state index is 0. The molecule has 0 bridgehead atoms. The largest absolute Gasteiger partial charge is 0.469 e. The van der Waals surface area contributed by atoms with Crippen molar-refractivity contribution in [1.29, 1.82) is 0 Å². The van der Waals surface area contributed by atoms with Crippen molar-refractivity contribution in [2.45, 2.75) is 13.2 Å². The second kappa shape index (κ2) is 7.09. The molecule has 84 valence electrons. The zero-order chi connectivity index (χ0) is 10.4. The molecule has 0 fully saturated rings. The molecule has 5 heteroatoms. The number of halogens is 1. The summed E-state index contributed by atoms with van der Waals surface area (Å²) in [6, 6.07) is 9.23. The third-order valence-corrected chi connectivity index (χ3v) is 1.60. The van der Waals surface area contributed by atoms with Crippen molar-refractivity contribution in [2.24, 2.45) is 5.73 Å². The van der Waals surface area contributed by atoms with Crippen molar-refractivity contribution < 1.29 is 9.53 Å². The standard InChI is InChI=1S/C10H14N2O2.ClH/c1-8(13)12-10(7-11)14-9-5-3-2-4-6-9;/h2-6,10H,7,11H2,1H3,(H,12,13);1H. The Hall–Kier alpha value is -1.26. The number of amides is 1. The van der Waals surface area contributed by atoms with Gasteiger partial charge in [-0.05, 0) is 12.1 Å². The molecule has 0 spiro atoms. The molecular formula is C10H15ClN2O2. The van der Waals surface area contributed by atoms with E-state index in [1.54, 1.807) is 0 Å². The summed E-state index contributed by atoms with van der Waals surface area (Å²) in [6.45, 7) is 1.67. The van der Waals surface area contributed by atoms with Crippen molar-refractivity contribution in [1.82, 2.24) is 5.32 Å². The lowest BCUT2D eigenvalue weighted by molar-refractivity contribution is -0.121. The quantitative estimate of drug-likeness (QED) is 0.756. The SMILES string of the molecule is CC(=O)NC(CN)Oc1ccccc1.Cl. The van der Waals surface area contributed by atoms with Crippen LogP contribution in [-0.2, 0) is 4.79 Å². The van der Waals surface area contributed by atoms with E-state index in [0.29, 0.717) is 5.75 Å². The van der Waals surface area contributed by atoms with Crippen LogP contribution >= 0.6 is 12.4 Å². The lowest BCUT2D eigenvalue weighted by atomic mass is 10.3. The van der Waals surface area contributed by atoms with Gasteiger partial charge in [0.25, 0.3) is 0 Å². The normalized spacial score (nSPS) is 11.1. The molecule has 1 aromatic carbocycles. The van der Waals surface area contributed by atoms with Gasteiger partial charge >= 0.3 is 0 Å². The van der Waals surface area contributed by atoms with Gasteiger partial charge in [0.15, 0.2) is 6.23 Å². The van der Waals surface area contributed by atoms with Crippen LogP contribution in [0.25, 0.3) is 0 Å². The summed E-state index contributed by atoms with van der Waals surface area (Å²) in [5, 5.41) is 2.59. The number of hydrogen-bond acceptors (Lipinski definition) is 3. The molecule has 1 aromatic rings. The first-order chi connectivity index (χ1) is 6.72. The Bertz CT molecular complexity index is 293. The topological polar surface area (TPSA) is 64.4 Å². The van der Waals surface area contributed by atoms with E-state index in [0.717, 1.165) is 0 Å². The minimum atomic E-state index is -0.463. The Morgan fingerprint density at radius 3 is 2.53 bits per heavy atom. The molecule has 0 aliphatic carbocycles. The summed E-state index contributed by atoms with van der Waals surface area (Å²) >= 11 is 0. The van der Waals surface area contributed by atoms with Gasteiger partial charge in [-0.2, -0.15) is 0 Å². The number of hydrogen-bond donors (Lipinski definition) is 2. The average molecular weight is 231 g/mol. The van der Waals surface area contributed by atoms with Gasteiger partial charge in [-0.25, -0.2) is 0 Å². The monoisotopic (exact) mass is 230 g/mol. The third-order valence-electron chi connectivity index (χ3n) is 1.60. The molecule has 0 aliphatic heterocycles. The van der Waals surface area contributed by atoms with E-state index in [-0.39, 0.29) is 24.9 Å². The number of nitrogens with two attached hydrogens (primary N) is 1. The van der Waals surface area contributed by atoms with Crippen molar-refractivity contribution in [3.8, 4) is 5.75 Å². The van der Waals surface area contributed by atoms with Crippen LogP contribution < -0.4 is 15.8 Å². The van der Waals surface area contributed by atoms with Gasteiger partial charge in [0.05, 0.1) is 0 Å². The smallest absolute Gasteiger partial charge is 0.219 e. The Morgan fingerprint density at radius 1 is 1.47 bits per heavy atom. The van der Waals surface area contributed by atoms with Gasteiger partial charge in [0.2, 0.25) is 5.91 Å². The first-order valence-electron chi connectivity index (χ1n) is 4.41. The molecule has 0 aliphatic rings. The molecular weight excluding hydrogens is 216 g/mol. The van der Waals surface area contributed by atoms with Crippen LogP contribution in [0.5, 0.6) is 5.75 Å². The minimum Gasteiger partial charge on any atom is -0.469 e. The zero-order valence-corrected chi connectivity index (χ0v) is 9.29. The summed E-state index contributed by atoms with van der Waals surface area (Å²) in [6.07, 6.45) is -0.463. The highest BCUT2D eigenvalue weighted by Gasteiger charge is 2.08. The van der Waals surface area contributed by atoms with Crippen LogP contribution in [0, 0.1) is 0 Å². The highest BCUT2D eigenvalue weighted by molar-refractivity contribution is 5.85. The molecule has 1 unspecified atom stereocenters. The molecule has 1 atom stereocenters. The van der Waals surface area contributed by atoms with E-state index in [2.05, 4.69) is 5.32 Å². The first-order valence-corrected chi connectivity index (χ1v) is 4.41. The van der Waals surface area contributed by atoms with Crippen molar-refractivity contribution >= 4 is 18.3 Å². The van der Waals surface area contributed by atoms with Crippen LogP contribution in [0.15, 0.2) is 30.3 Å². The highest BCUT2D eigenvalue weighted by Crippen LogP contribution is 2.09. The molecule has 3 N–H and O–H groups in total. The van der Waals surface area contributed by atoms with Gasteiger partial charge in [0.1, 0.15) is 5.75 Å². The van der Waals surface area contributed by atoms with Crippen LogP contribution in [0.1, 0.15) is 6.92 Å². The molecule has 1 rings (SSSR count). The second-order valence-corrected chi connectivity index (χ2v) is 2.86. The second-order valence-electron chi connectivity index (χ2n) is 2.86. The zero-order valence-electron chi connectivity index (χ0n) is 8.47. The highest BCUT2D eigenvalue weighted by atomic mass is 35.5. The van der Waals surface area contributed by atoms with Crippen molar-refractivity contribution in [3.05, 3.63) is 30.3 Å². The van der Waals surface area contributed by atoms with Crippen LogP contribution in [-0.4, -0.2) is 18.7 Å². The fourth-order valence-electron chi connectivity index (χ4n) is 1.03. The van der Waals surface area contributed by atoms with E-state index in [9.17, 15) is 4.79 Å². The summed E-state index contributed by atoms with van der Waals surface area (Å²) in [5.41, 5.74) is 5.43. The number of carbonyl (C=O) groups is 1. The fraction of sp³-hybridized carbons (Fsp3) is 0.300. The van der Waals surface area contributed by atoms with Gasteiger partial charge in [-0.3, -0.25) is 4.79 Å². The number of para-hydroxylation sites is 1. The van der Waals surface area contributed by atoms with Gasteiger partial charge in [-0.1, -0.05) is 18.2 Å². The summed E-state index contributed by atoms with van der Waals surface area (Å²) in [7, 11) is 0. The summed E-state index contributed by atoms with van der Waals surface area (Å²) in [4.78, 5) is 10.8. The Kier molecular flexibility index (Phi) is 6.49. The Balaban J connectivity index is 0.00000196. The number of benzene rings is 1. The van der Waals surface area contributed by atoms with E-state index in [4.69, 9.17) is 10.5 Å². The first kappa shape index (κ1) is 13.7. The molecule has 0 radical (unpaired) electrons. The Morgan fingerprint density at radius 2 is 2.07 bits per heavy atom. The molecule has 0 aromatic heterocycles. The fourth-order valence-corrected chi connectivity index (χ4v) is 1.03. The van der Waals surface area contributed by atoms with Crippen LogP contribution in [0.4, 0.5) is 0 Å². The maximum Gasteiger partial charge on any atom is 0.219 e. The van der Waals surface area contributed by atoms with Gasteiger partial charge < -0.3 is 15.8 Å². The van der Waals surface area contributed by atoms with Crippen molar-refractivity contribution in [3.63, 3.8) is 0 Å². The maximum absolute atomic E-state index is 10.8. The van der Waals surface area contributed by atoms with Crippen molar-refractivity contribution in [2.75, 3.05) is 6.54 Å². The molecule has 15 heavy (non-hydrogen) atoms. The predicted molar refractivity (Wildman–Crippen MR) is 61.0 cm³/mol. The Labute approximate surface area is 95.2 Å². The summed E-state index contributed by atoms with van der Waals surface area (Å²) in [5.74, 6) is 0.535. The van der Waals surface area contributed by atoms with E-state index >= 15 is 0 Å². The molecule has 0 saturated heterocycles. The van der Waals surface area contributed by atoms with E-state index < -0.39 is 6.23 Å². The number of rotatable bonds is 4. The molecule has 4 nitrogen and oxygen atoms in total. The lowest BCUT2D eigenvalue weighted by Gasteiger charge is -2.17. The molecule has 1 amide bonds. The number of ether oxygens (including phenoxy) is 1. The lowest BCUT2D eigenvalue weighted by Crippen LogP contribution is -2.43.